The van der Waals surface area contributed by atoms with Crippen LogP contribution in [-0.4, -0.2) is 15.8 Å². The molecule has 0 saturated carbocycles. The number of nitrogens with zero attached hydrogens (tertiary/aromatic N) is 2. The molecule has 20 heavy (non-hydrogen) atoms. The number of ether oxygens (including phenoxy) is 1. The lowest BCUT2D eigenvalue weighted by Gasteiger charge is -2.12. The highest BCUT2D eigenvalue weighted by Gasteiger charge is 2.09. The Hall–Kier alpha value is -1.33. The summed E-state index contributed by atoms with van der Waals surface area (Å²) < 4.78 is 8.82. The zero-order valence-corrected chi connectivity index (χ0v) is 13.4. The first-order chi connectivity index (χ1) is 9.58. The van der Waals surface area contributed by atoms with Crippen LogP contribution >= 0.6 is 15.9 Å². The zero-order chi connectivity index (χ0) is 14.5. The van der Waals surface area contributed by atoms with E-state index in [9.17, 15) is 0 Å². The molecular formula is C15H20BrN3O. The van der Waals surface area contributed by atoms with E-state index in [2.05, 4.69) is 28.0 Å². The molecular weight excluding hydrogens is 318 g/mol. The number of aryl methyl sites for hydroxylation is 1. The molecule has 0 spiro atoms. The summed E-state index contributed by atoms with van der Waals surface area (Å²) in [5.74, 6) is 1.58. The van der Waals surface area contributed by atoms with Crippen LogP contribution in [0.4, 0.5) is 0 Å². The van der Waals surface area contributed by atoms with Crippen molar-refractivity contribution in [2.75, 3.05) is 0 Å². The van der Waals surface area contributed by atoms with E-state index in [4.69, 9.17) is 10.5 Å². The molecule has 0 bridgehead atoms. The predicted molar refractivity (Wildman–Crippen MR) is 84.1 cm³/mol. The fourth-order valence-electron chi connectivity index (χ4n) is 2.01. The summed E-state index contributed by atoms with van der Waals surface area (Å²) in [5, 5.41) is 4.27. The van der Waals surface area contributed by atoms with Crippen LogP contribution in [0.2, 0.25) is 0 Å². The Morgan fingerprint density at radius 1 is 1.45 bits per heavy atom. The minimum atomic E-state index is 0.0985. The van der Waals surface area contributed by atoms with Crippen LogP contribution in [0.15, 0.2) is 35.1 Å². The molecule has 0 aliphatic rings. The summed E-state index contributed by atoms with van der Waals surface area (Å²) in [6.45, 7) is 5.01. The fourth-order valence-corrected chi connectivity index (χ4v) is 2.35. The molecule has 0 fully saturated rings. The molecule has 2 rings (SSSR count). The van der Waals surface area contributed by atoms with E-state index in [-0.39, 0.29) is 6.04 Å². The molecule has 1 aromatic carbocycles. The normalized spacial score (nSPS) is 12.4. The summed E-state index contributed by atoms with van der Waals surface area (Å²) in [5.41, 5.74) is 6.99. The Morgan fingerprint density at radius 2 is 2.25 bits per heavy atom. The van der Waals surface area contributed by atoms with Gasteiger partial charge in [0, 0.05) is 17.1 Å². The molecule has 1 aromatic heterocycles. The van der Waals surface area contributed by atoms with E-state index >= 15 is 0 Å². The van der Waals surface area contributed by atoms with Gasteiger partial charge in [-0.25, -0.2) is 0 Å². The van der Waals surface area contributed by atoms with Gasteiger partial charge in [-0.05, 0) is 37.5 Å². The summed E-state index contributed by atoms with van der Waals surface area (Å²) in [6, 6.07) is 6.11. The van der Waals surface area contributed by atoms with Gasteiger partial charge in [0.15, 0.2) is 5.75 Å². The molecule has 1 atom stereocenters. The van der Waals surface area contributed by atoms with Crippen molar-refractivity contribution in [1.29, 1.82) is 0 Å². The highest BCUT2D eigenvalue weighted by Crippen LogP contribution is 2.29. The molecule has 5 heteroatoms. The van der Waals surface area contributed by atoms with Crippen LogP contribution in [0.1, 0.15) is 25.8 Å². The van der Waals surface area contributed by atoms with Gasteiger partial charge in [-0.3, -0.25) is 4.68 Å². The van der Waals surface area contributed by atoms with Crippen molar-refractivity contribution in [3.63, 3.8) is 0 Å². The van der Waals surface area contributed by atoms with E-state index in [1.165, 1.54) is 0 Å². The minimum Gasteiger partial charge on any atom is -0.454 e. The first kappa shape index (κ1) is 15.1. The van der Waals surface area contributed by atoms with Gasteiger partial charge in [-0.15, -0.1) is 0 Å². The van der Waals surface area contributed by atoms with E-state index < -0.39 is 0 Å². The highest BCUT2D eigenvalue weighted by atomic mass is 79.9. The van der Waals surface area contributed by atoms with Gasteiger partial charge in [0.2, 0.25) is 0 Å². The molecule has 108 valence electrons. The van der Waals surface area contributed by atoms with Crippen molar-refractivity contribution in [2.45, 2.75) is 39.3 Å². The van der Waals surface area contributed by atoms with Crippen LogP contribution in [0, 0.1) is 0 Å². The number of halogens is 1. The van der Waals surface area contributed by atoms with Gasteiger partial charge in [0.05, 0.1) is 12.4 Å². The Kier molecular flexibility index (Phi) is 5.20. The van der Waals surface area contributed by atoms with Crippen molar-refractivity contribution < 1.29 is 4.74 Å². The summed E-state index contributed by atoms with van der Waals surface area (Å²) in [4.78, 5) is 0. The quantitative estimate of drug-likeness (QED) is 0.873. The summed E-state index contributed by atoms with van der Waals surface area (Å²) in [6.07, 6.45) is 5.49. The third kappa shape index (κ3) is 4.08. The number of hydrogen-bond acceptors (Lipinski definition) is 3. The van der Waals surface area contributed by atoms with Gasteiger partial charge < -0.3 is 10.5 Å². The minimum absolute atomic E-state index is 0.0985. The SMILES string of the molecule is CCCn1cc(Oc2cc(Br)ccc2CC(C)N)cn1. The molecule has 4 nitrogen and oxygen atoms in total. The molecule has 1 unspecified atom stereocenters. The van der Waals surface area contributed by atoms with Crippen LogP contribution in [0.25, 0.3) is 0 Å². The zero-order valence-electron chi connectivity index (χ0n) is 11.8. The average molecular weight is 338 g/mol. The van der Waals surface area contributed by atoms with Crippen molar-refractivity contribution in [2.24, 2.45) is 5.73 Å². The number of benzene rings is 1. The van der Waals surface area contributed by atoms with Gasteiger partial charge in [0.1, 0.15) is 5.75 Å². The van der Waals surface area contributed by atoms with Crippen molar-refractivity contribution in [1.82, 2.24) is 9.78 Å². The van der Waals surface area contributed by atoms with Gasteiger partial charge >= 0.3 is 0 Å². The van der Waals surface area contributed by atoms with E-state index in [1.54, 1.807) is 6.20 Å². The van der Waals surface area contributed by atoms with E-state index in [0.29, 0.717) is 0 Å². The van der Waals surface area contributed by atoms with Crippen LogP contribution < -0.4 is 10.5 Å². The molecule has 2 N–H and O–H groups in total. The van der Waals surface area contributed by atoms with Crippen molar-refractivity contribution in [3.05, 3.63) is 40.6 Å². The Bertz CT molecular complexity index is 566. The largest absolute Gasteiger partial charge is 0.454 e. The molecule has 0 saturated heterocycles. The van der Waals surface area contributed by atoms with Crippen LogP contribution in [-0.2, 0) is 13.0 Å². The smallest absolute Gasteiger partial charge is 0.165 e. The fraction of sp³-hybridized carbons (Fsp3) is 0.400. The predicted octanol–water partition coefficient (Wildman–Crippen LogP) is 3.74. The lowest BCUT2D eigenvalue weighted by Crippen LogP contribution is -2.18. The summed E-state index contributed by atoms with van der Waals surface area (Å²) >= 11 is 3.47. The van der Waals surface area contributed by atoms with E-state index in [1.807, 2.05) is 36.0 Å². The third-order valence-electron chi connectivity index (χ3n) is 2.86. The number of rotatable bonds is 6. The first-order valence-electron chi connectivity index (χ1n) is 6.82. The number of hydrogen-bond donors (Lipinski definition) is 1. The van der Waals surface area contributed by atoms with E-state index in [0.717, 1.165) is 40.9 Å². The topological polar surface area (TPSA) is 53.1 Å². The maximum atomic E-state index is 5.95. The lowest BCUT2D eigenvalue weighted by atomic mass is 10.1. The second-order valence-corrected chi connectivity index (χ2v) is 5.89. The van der Waals surface area contributed by atoms with Crippen molar-refractivity contribution >= 4 is 15.9 Å². The van der Waals surface area contributed by atoms with Crippen LogP contribution in [0.5, 0.6) is 11.5 Å². The Morgan fingerprint density at radius 3 is 2.95 bits per heavy atom. The number of aromatic nitrogens is 2. The number of nitrogens with two attached hydrogens (primary N) is 1. The molecule has 0 radical (unpaired) electrons. The Labute approximate surface area is 128 Å². The molecule has 0 aliphatic heterocycles. The van der Waals surface area contributed by atoms with Gasteiger partial charge in [-0.2, -0.15) is 5.10 Å². The molecule has 0 aliphatic carbocycles. The second kappa shape index (κ2) is 6.90. The van der Waals surface area contributed by atoms with Gasteiger partial charge in [0.25, 0.3) is 0 Å². The molecule has 0 amide bonds. The Balaban J connectivity index is 2.19. The summed E-state index contributed by atoms with van der Waals surface area (Å²) in [7, 11) is 0. The van der Waals surface area contributed by atoms with Crippen LogP contribution in [0.3, 0.4) is 0 Å². The van der Waals surface area contributed by atoms with Crippen molar-refractivity contribution in [3.8, 4) is 11.5 Å². The molecule has 2 aromatic rings. The average Bonchev–Trinajstić information content (AvgIpc) is 2.80. The standard InChI is InChI=1S/C15H20BrN3O/c1-3-6-19-10-14(9-18-19)20-15-8-13(16)5-4-12(15)7-11(2)17/h4-5,8-11H,3,6-7,17H2,1-2H3. The second-order valence-electron chi connectivity index (χ2n) is 4.97. The first-order valence-corrected chi connectivity index (χ1v) is 7.62. The third-order valence-corrected chi connectivity index (χ3v) is 3.35. The maximum Gasteiger partial charge on any atom is 0.165 e. The maximum absolute atomic E-state index is 5.95. The molecule has 1 heterocycles. The lowest BCUT2D eigenvalue weighted by molar-refractivity contribution is 0.471. The highest BCUT2D eigenvalue weighted by molar-refractivity contribution is 9.10. The van der Waals surface area contributed by atoms with Gasteiger partial charge in [-0.1, -0.05) is 28.9 Å². The monoisotopic (exact) mass is 337 g/mol.